The fourth-order valence-corrected chi connectivity index (χ4v) is 2.32. The first-order valence-corrected chi connectivity index (χ1v) is 6.86. The third-order valence-corrected chi connectivity index (χ3v) is 3.41. The van der Waals surface area contributed by atoms with Crippen molar-refractivity contribution in [3.05, 3.63) is 69.7 Å². The summed E-state index contributed by atoms with van der Waals surface area (Å²) in [5.74, 6) is -0.467. The number of halogens is 1. The second-order valence-electron chi connectivity index (χ2n) is 4.26. The fourth-order valence-electron chi connectivity index (χ4n) is 1.92. The second-order valence-corrected chi connectivity index (χ2v) is 5.17. The Kier molecular flexibility index (Phi) is 4.69. The first-order chi connectivity index (χ1) is 9.61. The van der Waals surface area contributed by atoms with Crippen molar-refractivity contribution in [2.24, 2.45) is 0 Å². The van der Waals surface area contributed by atoms with Gasteiger partial charge in [0.1, 0.15) is 0 Å². The van der Waals surface area contributed by atoms with Crippen molar-refractivity contribution in [3.8, 4) is 0 Å². The predicted octanol–water partition coefficient (Wildman–Crippen LogP) is 3.66. The first-order valence-electron chi connectivity index (χ1n) is 6.07. The quantitative estimate of drug-likeness (QED) is 0.633. The number of ketones is 1. The monoisotopic (exact) mass is 332 g/mol. The summed E-state index contributed by atoms with van der Waals surface area (Å²) in [5, 5.41) is 0. The fraction of sp³-hybridized carbons (Fsp3) is 0.125. The molecule has 3 nitrogen and oxygen atoms in total. The highest BCUT2D eigenvalue weighted by molar-refractivity contribution is 9.10. The lowest BCUT2D eigenvalue weighted by Crippen LogP contribution is -2.10. The van der Waals surface area contributed by atoms with Gasteiger partial charge in [0.2, 0.25) is 0 Å². The molecule has 2 aromatic rings. The van der Waals surface area contributed by atoms with E-state index in [2.05, 4.69) is 15.9 Å². The zero-order valence-electron chi connectivity index (χ0n) is 10.9. The molecule has 102 valence electrons. The van der Waals surface area contributed by atoms with E-state index in [-0.39, 0.29) is 12.2 Å². The van der Waals surface area contributed by atoms with Gasteiger partial charge in [0.25, 0.3) is 0 Å². The van der Waals surface area contributed by atoms with E-state index < -0.39 is 5.97 Å². The van der Waals surface area contributed by atoms with Gasteiger partial charge >= 0.3 is 5.97 Å². The van der Waals surface area contributed by atoms with Gasteiger partial charge in [0.05, 0.1) is 12.7 Å². The number of hydrogen-bond donors (Lipinski definition) is 0. The molecule has 2 aromatic carbocycles. The SMILES string of the molecule is COC(=O)c1ccccc1CC(=O)c1cccc(Br)c1. The largest absolute Gasteiger partial charge is 0.465 e. The van der Waals surface area contributed by atoms with Crippen molar-refractivity contribution in [2.75, 3.05) is 7.11 Å². The summed E-state index contributed by atoms with van der Waals surface area (Å²) in [6.07, 6.45) is 0.168. The molecule has 0 fully saturated rings. The molecular formula is C16H13BrO3. The number of carbonyl (C=O) groups is 2. The van der Waals surface area contributed by atoms with Crippen LogP contribution in [0.25, 0.3) is 0 Å². The molecule has 0 N–H and O–H groups in total. The molecular weight excluding hydrogens is 320 g/mol. The number of ether oxygens (including phenoxy) is 1. The van der Waals surface area contributed by atoms with Crippen LogP contribution in [0.5, 0.6) is 0 Å². The molecule has 4 heteroatoms. The van der Waals surface area contributed by atoms with Crippen LogP contribution in [0, 0.1) is 0 Å². The highest BCUT2D eigenvalue weighted by Gasteiger charge is 2.15. The average molecular weight is 333 g/mol. The van der Waals surface area contributed by atoms with Crippen molar-refractivity contribution in [1.82, 2.24) is 0 Å². The van der Waals surface area contributed by atoms with Crippen LogP contribution in [-0.4, -0.2) is 18.9 Å². The Labute approximate surface area is 125 Å². The molecule has 0 aliphatic heterocycles. The normalized spacial score (nSPS) is 10.1. The minimum Gasteiger partial charge on any atom is -0.465 e. The third kappa shape index (κ3) is 3.33. The van der Waals surface area contributed by atoms with Crippen molar-refractivity contribution in [3.63, 3.8) is 0 Å². The van der Waals surface area contributed by atoms with Crippen LogP contribution in [-0.2, 0) is 11.2 Å². The molecule has 2 rings (SSSR count). The zero-order valence-corrected chi connectivity index (χ0v) is 12.5. The van der Waals surface area contributed by atoms with E-state index in [9.17, 15) is 9.59 Å². The molecule has 0 bridgehead atoms. The third-order valence-electron chi connectivity index (χ3n) is 2.92. The summed E-state index contributed by atoms with van der Waals surface area (Å²) < 4.78 is 5.58. The summed E-state index contributed by atoms with van der Waals surface area (Å²) in [4.78, 5) is 23.9. The Balaban J connectivity index is 2.26. The number of methoxy groups -OCH3 is 1. The van der Waals surface area contributed by atoms with E-state index in [1.54, 1.807) is 36.4 Å². The maximum atomic E-state index is 12.3. The molecule has 0 heterocycles. The average Bonchev–Trinajstić information content (AvgIpc) is 2.47. The topological polar surface area (TPSA) is 43.4 Å². The van der Waals surface area contributed by atoms with E-state index in [1.807, 2.05) is 12.1 Å². The van der Waals surface area contributed by atoms with Gasteiger partial charge in [-0.1, -0.05) is 46.3 Å². The van der Waals surface area contributed by atoms with E-state index in [1.165, 1.54) is 7.11 Å². The summed E-state index contributed by atoms with van der Waals surface area (Å²) in [6, 6.07) is 14.2. The molecule has 0 aliphatic carbocycles. The van der Waals surface area contributed by atoms with Gasteiger partial charge in [-0.2, -0.15) is 0 Å². The molecule has 0 radical (unpaired) electrons. The number of carbonyl (C=O) groups excluding carboxylic acids is 2. The molecule has 0 saturated heterocycles. The Bertz CT molecular complexity index is 650. The van der Waals surface area contributed by atoms with E-state index in [0.29, 0.717) is 16.7 Å². The molecule has 0 atom stereocenters. The van der Waals surface area contributed by atoms with Crippen LogP contribution in [0.2, 0.25) is 0 Å². The van der Waals surface area contributed by atoms with Gasteiger partial charge in [0.15, 0.2) is 5.78 Å². The van der Waals surface area contributed by atoms with Gasteiger partial charge in [-0.25, -0.2) is 4.79 Å². The standard InChI is InChI=1S/C16H13BrO3/c1-20-16(19)14-8-3-2-5-11(14)10-15(18)12-6-4-7-13(17)9-12/h2-9H,10H2,1H3. The minimum atomic E-state index is -0.428. The summed E-state index contributed by atoms with van der Waals surface area (Å²) in [5.41, 5.74) is 1.71. The lowest BCUT2D eigenvalue weighted by molar-refractivity contribution is 0.0599. The van der Waals surface area contributed by atoms with Crippen molar-refractivity contribution < 1.29 is 14.3 Å². The van der Waals surface area contributed by atoms with Crippen LogP contribution in [0.4, 0.5) is 0 Å². The summed E-state index contributed by atoms with van der Waals surface area (Å²) >= 11 is 3.34. The molecule has 0 saturated carbocycles. The molecule has 0 aromatic heterocycles. The molecule has 0 unspecified atom stereocenters. The molecule has 0 amide bonds. The number of esters is 1. The van der Waals surface area contributed by atoms with Crippen molar-refractivity contribution >= 4 is 27.7 Å². The van der Waals surface area contributed by atoms with Crippen molar-refractivity contribution in [2.45, 2.75) is 6.42 Å². The van der Waals surface area contributed by atoms with Crippen LogP contribution < -0.4 is 0 Å². The Hall–Kier alpha value is -1.94. The number of benzene rings is 2. The lowest BCUT2D eigenvalue weighted by atomic mass is 9.99. The van der Waals surface area contributed by atoms with Crippen LogP contribution in [0.15, 0.2) is 53.0 Å². The van der Waals surface area contributed by atoms with Gasteiger partial charge in [-0.05, 0) is 23.8 Å². The second kappa shape index (κ2) is 6.48. The number of Topliss-reactive ketones (excluding diaryl/α,β-unsaturated/α-hetero) is 1. The van der Waals surface area contributed by atoms with Gasteiger partial charge < -0.3 is 4.74 Å². The van der Waals surface area contributed by atoms with Crippen LogP contribution >= 0.6 is 15.9 Å². The maximum absolute atomic E-state index is 12.3. The van der Waals surface area contributed by atoms with E-state index >= 15 is 0 Å². The predicted molar refractivity (Wildman–Crippen MR) is 80.0 cm³/mol. The van der Waals surface area contributed by atoms with Crippen LogP contribution in [0.3, 0.4) is 0 Å². The lowest BCUT2D eigenvalue weighted by Gasteiger charge is -2.07. The smallest absolute Gasteiger partial charge is 0.338 e. The Morgan fingerprint density at radius 3 is 2.55 bits per heavy atom. The van der Waals surface area contributed by atoms with Crippen LogP contribution in [0.1, 0.15) is 26.3 Å². The van der Waals surface area contributed by atoms with E-state index in [4.69, 9.17) is 4.74 Å². The summed E-state index contributed by atoms with van der Waals surface area (Å²) in [7, 11) is 1.33. The maximum Gasteiger partial charge on any atom is 0.338 e. The number of hydrogen-bond acceptors (Lipinski definition) is 3. The van der Waals surface area contributed by atoms with Gasteiger partial charge in [0, 0.05) is 16.5 Å². The minimum absolute atomic E-state index is 0.0392. The highest BCUT2D eigenvalue weighted by Crippen LogP contribution is 2.16. The highest BCUT2D eigenvalue weighted by atomic mass is 79.9. The Morgan fingerprint density at radius 1 is 1.10 bits per heavy atom. The molecule has 0 aliphatic rings. The van der Waals surface area contributed by atoms with Gasteiger partial charge in [-0.15, -0.1) is 0 Å². The summed E-state index contributed by atoms with van der Waals surface area (Å²) in [6.45, 7) is 0. The van der Waals surface area contributed by atoms with Crippen molar-refractivity contribution in [1.29, 1.82) is 0 Å². The Morgan fingerprint density at radius 2 is 1.85 bits per heavy atom. The van der Waals surface area contributed by atoms with E-state index in [0.717, 1.165) is 4.47 Å². The van der Waals surface area contributed by atoms with Gasteiger partial charge in [-0.3, -0.25) is 4.79 Å². The number of rotatable bonds is 4. The zero-order chi connectivity index (χ0) is 14.5. The molecule has 20 heavy (non-hydrogen) atoms. The molecule has 0 spiro atoms. The first kappa shape index (κ1) is 14.5.